The molecule has 132 valence electrons. The van der Waals surface area contributed by atoms with E-state index >= 15 is 0 Å². The summed E-state index contributed by atoms with van der Waals surface area (Å²) in [5, 5.41) is 11.8. The zero-order chi connectivity index (χ0) is 18.4. The number of hydrogen-bond acceptors (Lipinski definition) is 3. The number of rotatable bonds is 7. The molecule has 0 saturated carbocycles. The molecule has 0 spiro atoms. The van der Waals surface area contributed by atoms with Gasteiger partial charge in [0, 0.05) is 5.69 Å². The molecule has 1 amide bonds. The molecular weight excluding hydrogens is 318 g/mol. The van der Waals surface area contributed by atoms with Crippen LogP contribution < -0.4 is 10.1 Å². The Morgan fingerprint density at radius 2 is 1.72 bits per heavy atom. The minimum atomic E-state index is -0.906. The molecule has 2 aromatic carbocycles. The molecule has 2 aromatic rings. The van der Waals surface area contributed by atoms with Gasteiger partial charge in [-0.15, -0.1) is 0 Å². The van der Waals surface area contributed by atoms with Crippen LogP contribution in [0.15, 0.2) is 48.5 Å². The van der Waals surface area contributed by atoms with Gasteiger partial charge in [-0.05, 0) is 48.2 Å². The second-order valence-electron chi connectivity index (χ2n) is 6.25. The molecule has 0 aliphatic heterocycles. The van der Waals surface area contributed by atoms with Crippen molar-refractivity contribution < 1.29 is 19.4 Å². The number of benzene rings is 2. The summed E-state index contributed by atoms with van der Waals surface area (Å²) in [6.45, 7) is 5.68. The van der Waals surface area contributed by atoms with Crippen LogP contribution in [0, 0.1) is 0 Å². The number of ether oxygens (including phenoxy) is 1. The first-order chi connectivity index (χ1) is 11.9. The van der Waals surface area contributed by atoms with Gasteiger partial charge in [0.15, 0.2) is 6.61 Å². The van der Waals surface area contributed by atoms with Crippen molar-refractivity contribution >= 4 is 17.6 Å². The molecule has 0 saturated heterocycles. The lowest BCUT2D eigenvalue weighted by Crippen LogP contribution is -2.20. The van der Waals surface area contributed by atoms with Gasteiger partial charge in [-0.2, -0.15) is 0 Å². The predicted molar refractivity (Wildman–Crippen MR) is 97.1 cm³/mol. The van der Waals surface area contributed by atoms with Crippen molar-refractivity contribution in [3.8, 4) is 5.75 Å². The molecule has 5 heteroatoms. The Bertz CT molecular complexity index is 755. The highest BCUT2D eigenvalue weighted by atomic mass is 16.5. The molecule has 2 rings (SSSR count). The lowest BCUT2D eigenvalue weighted by molar-refractivity contribution is -0.138. The lowest BCUT2D eigenvalue weighted by atomic mass is 10.0. The SMILES string of the molecule is CC(C)c1cccc(OCC(=O)Nc2cccc(C(C)C(=O)O)c2)c1. The highest BCUT2D eigenvalue weighted by molar-refractivity contribution is 5.92. The average Bonchev–Trinajstić information content (AvgIpc) is 2.59. The van der Waals surface area contributed by atoms with Gasteiger partial charge in [-0.25, -0.2) is 0 Å². The number of anilines is 1. The number of carboxylic acid groups (broad SMARTS) is 1. The van der Waals surface area contributed by atoms with E-state index in [9.17, 15) is 9.59 Å². The highest BCUT2D eigenvalue weighted by Gasteiger charge is 2.14. The molecule has 0 fully saturated rings. The standard InChI is InChI=1S/C20H23NO4/c1-13(2)15-6-5-9-18(11-15)25-12-19(22)21-17-8-4-7-16(10-17)14(3)20(23)24/h4-11,13-14H,12H2,1-3H3,(H,21,22)(H,23,24). The van der Waals surface area contributed by atoms with Gasteiger partial charge in [-0.1, -0.05) is 38.1 Å². The summed E-state index contributed by atoms with van der Waals surface area (Å²) in [6, 6.07) is 14.5. The Morgan fingerprint density at radius 1 is 1.04 bits per heavy atom. The number of hydrogen-bond donors (Lipinski definition) is 2. The van der Waals surface area contributed by atoms with Crippen LogP contribution in [0.1, 0.15) is 43.7 Å². The van der Waals surface area contributed by atoms with Crippen LogP contribution in [0.25, 0.3) is 0 Å². The summed E-state index contributed by atoms with van der Waals surface area (Å²) in [5.41, 5.74) is 2.33. The zero-order valence-corrected chi connectivity index (χ0v) is 14.7. The first kappa shape index (κ1) is 18.5. The first-order valence-electron chi connectivity index (χ1n) is 8.22. The third-order valence-electron chi connectivity index (χ3n) is 3.94. The summed E-state index contributed by atoms with van der Waals surface area (Å²) in [7, 11) is 0. The number of carbonyl (C=O) groups is 2. The average molecular weight is 341 g/mol. The van der Waals surface area contributed by atoms with E-state index in [-0.39, 0.29) is 12.5 Å². The van der Waals surface area contributed by atoms with Crippen molar-refractivity contribution in [2.75, 3.05) is 11.9 Å². The van der Waals surface area contributed by atoms with Crippen LogP contribution in [0.5, 0.6) is 5.75 Å². The Balaban J connectivity index is 1.95. The molecule has 1 atom stereocenters. The molecule has 0 radical (unpaired) electrons. The van der Waals surface area contributed by atoms with E-state index in [1.54, 1.807) is 31.2 Å². The van der Waals surface area contributed by atoms with Crippen LogP contribution >= 0.6 is 0 Å². The van der Waals surface area contributed by atoms with Crippen molar-refractivity contribution in [2.45, 2.75) is 32.6 Å². The Morgan fingerprint density at radius 3 is 2.40 bits per heavy atom. The maximum atomic E-state index is 12.1. The number of amides is 1. The van der Waals surface area contributed by atoms with Gasteiger partial charge in [0.25, 0.3) is 5.91 Å². The van der Waals surface area contributed by atoms with Crippen molar-refractivity contribution in [3.05, 3.63) is 59.7 Å². The van der Waals surface area contributed by atoms with Crippen molar-refractivity contribution in [2.24, 2.45) is 0 Å². The first-order valence-corrected chi connectivity index (χ1v) is 8.22. The fourth-order valence-corrected chi connectivity index (χ4v) is 2.34. The van der Waals surface area contributed by atoms with Crippen molar-refractivity contribution in [1.82, 2.24) is 0 Å². The van der Waals surface area contributed by atoms with Gasteiger partial charge in [0.1, 0.15) is 5.75 Å². The van der Waals surface area contributed by atoms with Gasteiger partial charge in [-0.3, -0.25) is 9.59 Å². The topological polar surface area (TPSA) is 75.6 Å². The van der Waals surface area contributed by atoms with Crippen molar-refractivity contribution in [3.63, 3.8) is 0 Å². The third-order valence-corrected chi connectivity index (χ3v) is 3.94. The second kappa shape index (κ2) is 8.33. The quantitative estimate of drug-likeness (QED) is 0.798. The van der Waals surface area contributed by atoms with Gasteiger partial charge < -0.3 is 15.2 Å². The molecule has 1 unspecified atom stereocenters. The minimum Gasteiger partial charge on any atom is -0.484 e. The summed E-state index contributed by atoms with van der Waals surface area (Å²) in [4.78, 5) is 23.1. The molecule has 0 heterocycles. The van der Waals surface area contributed by atoms with Crippen LogP contribution in [-0.4, -0.2) is 23.6 Å². The molecule has 0 aliphatic rings. The van der Waals surface area contributed by atoms with E-state index < -0.39 is 11.9 Å². The summed E-state index contributed by atoms with van der Waals surface area (Å²) < 4.78 is 5.54. The van der Waals surface area contributed by atoms with E-state index in [1.807, 2.05) is 24.3 Å². The van der Waals surface area contributed by atoms with Crippen LogP contribution in [0.4, 0.5) is 5.69 Å². The lowest BCUT2D eigenvalue weighted by Gasteiger charge is -2.12. The summed E-state index contributed by atoms with van der Waals surface area (Å²) in [6.07, 6.45) is 0. The molecule has 0 aliphatic carbocycles. The van der Waals surface area contributed by atoms with E-state index in [2.05, 4.69) is 19.2 Å². The van der Waals surface area contributed by atoms with Crippen LogP contribution in [0.3, 0.4) is 0 Å². The molecule has 5 nitrogen and oxygen atoms in total. The Hall–Kier alpha value is -2.82. The van der Waals surface area contributed by atoms with Gasteiger partial charge in [0.05, 0.1) is 5.92 Å². The number of aliphatic carboxylic acids is 1. The van der Waals surface area contributed by atoms with E-state index in [1.165, 1.54) is 0 Å². The maximum absolute atomic E-state index is 12.1. The minimum absolute atomic E-state index is 0.111. The fourth-order valence-electron chi connectivity index (χ4n) is 2.34. The highest BCUT2D eigenvalue weighted by Crippen LogP contribution is 2.21. The largest absolute Gasteiger partial charge is 0.484 e. The van der Waals surface area contributed by atoms with Gasteiger partial charge in [0.2, 0.25) is 0 Å². The predicted octanol–water partition coefficient (Wildman–Crippen LogP) is 4.02. The van der Waals surface area contributed by atoms with E-state index in [0.717, 1.165) is 5.56 Å². The molecule has 0 bridgehead atoms. The smallest absolute Gasteiger partial charge is 0.310 e. The molecule has 0 aromatic heterocycles. The number of carbonyl (C=O) groups excluding carboxylic acids is 1. The third kappa shape index (κ3) is 5.35. The summed E-state index contributed by atoms with van der Waals surface area (Å²) in [5.74, 6) is -0.801. The van der Waals surface area contributed by atoms with Crippen LogP contribution in [-0.2, 0) is 9.59 Å². The fraction of sp³-hybridized carbons (Fsp3) is 0.300. The summed E-state index contributed by atoms with van der Waals surface area (Å²) >= 11 is 0. The van der Waals surface area contributed by atoms with E-state index in [0.29, 0.717) is 22.9 Å². The molecule has 2 N–H and O–H groups in total. The van der Waals surface area contributed by atoms with Crippen LogP contribution in [0.2, 0.25) is 0 Å². The zero-order valence-electron chi connectivity index (χ0n) is 14.7. The maximum Gasteiger partial charge on any atom is 0.310 e. The number of carboxylic acids is 1. The molecular formula is C20H23NO4. The Labute approximate surface area is 147 Å². The molecule has 25 heavy (non-hydrogen) atoms. The normalized spacial score (nSPS) is 11.8. The van der Waals surface area contributed by atoms with Gasteiger partial charge >= 0.3 is 5.97 Å². The number of nitrogens with one attached hydrogen (secondary N) is 1. The van der Waals surface area contributed by atoms with Crippen molar-refractivity contribution in [1.29, 1.82) is 0 Å². The Kier molecular flexibility index (Phi) is 6.17. The monoisotopic (exact) mass is 341 g/mol. The van der Waals surface area contributed by atoms with E-state index in [4.69, 9.17) is 9.84 Å². The second-order valence-corrected chi connectivity index (χ2v) is 6.25.